The molecule has 2 fully saturated rings. The Kier molecular flexibility index (Phi) is 8.11. The van der Waals surface area contributed by atoms with Crippen LogP contribution < -0.4 is 4.74 Å². The number of aromatic nitrogens is 2. The van der Waals surface area contributed by atoms with Gasteiger partial charge in [-0.15, -0.1) is 0 Å². The number of halogens is 1. The Morgan fingerprint density at radius 3 is 2.71 bits per heavy atom. The number of hydrogen-bond acceptors (Lipinski definition) is 5. The molecule has 2 aliphatic heterocycles. The number of rotatable bonds is 8. The largest absolute Gasteiger partial charge is 0.493 e. The summed E-state index contributed by atoms with van der Waals surface area (Å²) in [4.78, 5) is 30.1. The van der Waals surface area contributed by atoms with Crippen LogP contribution in [0.5, 0.6) is 5.75 Å². The zero-order valence-corrected chi connectivity index (χ0v) is 20.5. The third-order valence-electron chi connectivity index (χ3n) is 6.76. The molecule has 34 heavy (non-hydrogen) atoms. The molecule has 0 radical (unpaired) electrons. The normalized spacial score (nSPS) is 20.9. The average molecular weight is 489 g/mol. The van der Waals surface area contributed by atoms with Crippen molar-refractivity contribution in [3.63, 3.8) is 0 Å². The molecule has 8 nitrogen and oxygen atoms in total. The highest BCUT2D eigenvalue weighted by molar-refractivity contribution is 6.30. The zero-order chi connectivity index (χ0) is 24.0. The second-order valence-corrected chi connectivity index (χ2v) is 9.72. The maximum absolute atomic E-state index is 13.2. The molecule has 2 aliphatic rings. The van der Waals surface area contributed by atoms with E-state index in [1.54, 1.807) is 23.0 Å². The second-order valence-electron chi connectivity index (χ2n) is 9.28. The molecule has 2 saturated heterocycles. The Bertz CT molecular complexity index is 991. The van der Waals surface area contributed by atoms with Crippen molar-refractivity contribution in [3.8, 4) is 5.75 Å². The Morgan fingerprint density at radius 2 is 1.97 bits per heavy atom. The Balaban J connectivity index is 1.45. The highest BCUT2D eigenvalue weighted by atomic mass is 35.5. The fourth-order valence-corrected chi connectivity index (χ4v) is 4.99. The molecule has 0 N–H and O–H groups in total. The van der Waals surface area contributed by atoms with Crippen LogP contribution in [-0.2, 0) is 27.8 Å². The number of ether oxygens (including phenoxy) is 2. The summed E-state index contributed by atoms with van der Waals surface area (Å²) < 4.78 is 13.4. The summed E-state index contributed by atoms with van der Waals surface area (Å²) in [5.74, 6) is 0.874. The minimum atomic E-state index is -0.446. The van der Waals surface area contributed by atoms with E-state index in [1.165, 1.54) is 0 Å². The van der Waals surface area contributed by atoms with Crippen molar-refractivity contribution in [3.05, 3.63) is 47.2 Å². The van der Waals surface area contributed by atoms with Crippen molar-refractivity contribution in [1.82, 2.24) is 19.6 Å². The first-order valence-electron chi connectivity index (χ1n) is 11.9. The summed E-state index contributed by atoms with van der Waals surface area (Å²) >= 11 is 6.13. The molecule has 2 amide bonds. The van der Waals surface area contributed by atoms with Crippen molar-refractivity contribution >= 4 is 23.4 Å². The summed E-state index contributed by atoms with van der Waals surface area (Å²) in [6, 6.07) is 9.23. The molecule has 9 heteroatoms. The quantitative estimate of drug-likeness (QED) is 0.571. The van der Waals surface area contributed by atoms with Crippen LogP contribution in [0.3, 0.4) is 0 Å². The standard InChI is InChI=1S/C25H33ClN4O4/c1-28-21(8-10-27-28)6-7-23(31)30-11-3-9-25(18-30,17-24(32)29-12-14-33-15-13-29)19-34-22-5-2-4-20(26)16-22/h2,4-5,8,10,16H,3,6-7,9,11-15,17-19H2,1H3. The van der Waals surface area contributed by atoms with Gasteiger partial charge in [0, 0.05) is 68.4 Å². The maximum atomic E-state index is 13.2. The number of nitrogens with zero attached hydrogens (tertiary/aromatic N) is 4. The molecule has 3 heterocycles. The molecule has 1 unspecified atom stereocenters. The van der Waals surface area contributed by atoms with Crippen LogP contribution in [0.4, 0.5) is 0 Å². The molecule has 0 saturated carbocycles. The SMILES string of the molecule is Cn1nccc1CCC(=O)N1CCCC(COc2cccc(Cl)c2)(CC(=O)N2CCOCC2)C1. The van der Waals surface area contributed by atoms with E-state index in [-0.39, 0.29) is 11.8 Å². The molecule has 0 bridgehead atoms. The summed E-state index contributed by atoms with van der Waals surface area (Å²) in [5.41, 5.74) is 0.585. The van der Waals surface area contributed by atoms with Gasteiger partial charge in [0.05, 0.1) is 19.8 Å². The molecular weight excluding hydrogens is 456 g/mol. The number of carbonyl (C=O) groups excluding carboxylic acids is 2. The maximum Gasteiger partial charge on any atom is 0.223 e. The lowest BCUT2D eigenvalue weighted by atomic mass is 9.77. The van der Waals surface area contributed by atoms with E-state index in [2.05, 4.69) is 5.10 Å². The minimum Gasteiger partial charge on any atom is -0.493 e. The van der Waals surface area contributed by atoms with Crippen molar-refractivity contribution in [2.45, 2.75) is 32.1 Å². The first-order chi connectivity index (χ1) is 16.4. The monoisotopic (exact) mass is 488 g/mol. The summed E-state index contributed by atoms with van der Waals surface area (Å²) in [7, 11) is 1.89. The number of amides is 2. The molecule has 2 aromatic rings. The van der Waals surface area contributed by atoms with Gasteiger partial charge in [0.2, 0.25) is 11.8 Å². The molecule has 1 aromatic heterocycles. The lowest BCUT2D eigenvalue weighted by Crippen LogP contribution is -2.52. The fraction of sp³-hybridized carbons (Fsp3) is 0.560. The smallest absolute Gasteiger partial charge is 0.223 e. The number of benzene rings is 1. The molecule has 1 aromatic carbocycles. The van der Waals surface area contributed by atoms with Gasteiger partial charge in [0.15, 0.2) is 0 Å². The van der Waals surface area contributed by atoms with Gasteiger partial charge >= 0.3 is 0 Å². The topological polar surface area (TPSA) is 76.9 Å². The van der Waals surface area contributed by atoms with Crippen LogP contribution in [0.2, 0.25) is 5.02 Å². The number of piperidine rings is 1. The van der Waals surface area contributed by atoms with E-state index in [1.807, 2.05) is 35.0 Å². The van der Waals surface area contributed by atoms with Crippen molar-refractivity contribution < 1.29 is 19.1 Å². The van der Waals surface area contributed by atoms with Crippen LogP contribution in [0.25, 0.3) is 0 Å². The van der Waals surface area contributed by atoms with E-state index in [4.69, 9.17) is 21.1 Å². The predicted molar refractivity (Wildman–Crippen MR) is 129 cm³/mol. The Labute approximate surface area is 205 Å². The van der Waals surface area contributed by atoms with Gasteiger partial charge in [0.1, 0.15) is 5.75 Å². The van der Waals surface area contributed by atoms with E-state index < -0.39 is 5.41 Å². The number of morpholine rings is 1. The third-order valence-corrected chi connectivity index (χ3v) is 7.00. The van der Waals surface area contributed by atoms with Crippen LogP contribution in [-0.4, -0.2) is 77.4 Å². The highest BCUT2D eigenvalue weighted by Gasteiger charge is 2.41. The second kappa shape index (κ2) is 11.2. The van der Waals surface area contributed by atoms with E-state index in [9.17, 15) is 9.59 Å². The third kappa shape index (κ3) is 6.30. The number of likely N-dealkylation sites (tertiary alicyclic amines) is 1. The molecular formula is C25H33ClN4O4. The van der Waals surface area contributed by atoms with Gasteiger partial charge in [0.25, 0.3) is 0 Å². The summed E-state index contributed by atoms with van der Waals surface area (Å²) in [6.07, 6.45) is 4.82. The molecule has 184 valence electrons. The highest BCUT2D eigenvalue weighted by Crippen LogP contribution is 2.36. The van der Waals surface area contributed by atoms with Crippen LogP contribution in [0.15, 0.2) is 36.5 Å². The van der Waals surface area contributed by atoms with Gasteiger partial charge in [-0.2, -0.15) is 5.10 Å². The van der Waals surface area contributed by atoms with Crippen molar-refractivity contribution in [2.75, 3.05) is 46.0 Å². The molecule has 0 aliphatic carbocycles. The van der Waals surface area contributed by atoms with Crippen LogP contribution in [0, 0.1) is 5.41 Å². The minimum absolute atomic E-state index is 0.0992. The van der Waals surface area contributed by atoms with Crippen LogP contribution in [0.1, 0.15) is 31.4 Å². The van der Waals surface area contributed by atoms with Crippen molar-refractivity contribution in [1.29, 1.82) is 0 Å². The van der Waals surface area contributed by atoms with Gasteiger partial charge in [-0.05, 0) is 43.5 Å². The van der Waals surface area contributed by atoms with E-state index >= 15 is 0 Å². The van der Waals surface area contributed by atoms with Gasteiger partial charge in [-0.25, -0.2) is 0 Å². The fourth-order valence-electron chi connectivity index (χ4n) is 4.81. The first kappa shape index (κ1) is 24.5. The van der Waals surface area contributed by atoms with E-state index in [0.29, 0.717) is 76.0 Å². The lowest BCUT2D eigenvalue weighted by Gasteiger charge is -2.43. The number of carbonyl (C=O) groups is 2. The average Bonchev–Trinajstić information content (AvgIpc) is 3.26. The summed E-state index contributed by atoms with van der Waals surface area (Å²) in [6.45, 7) is 3.92. The number of aryl methyl sites for hydroxylation is 2. The molecule has 1 atom stereocenters. The lowest BCUT2D eigenvalue weighted by molar-refractivity contribution is -0.143. The van der Waals surface area contributed by atoms with E-state index in [0.717, 1.165) is 18.5 Å². The summed E-state index contributed by atoms with van der Waals surface area (Å²) in [5, 5.41) is 4.78. The Morgan fingerprint density at radius 1 is 1.15 bits per heavy atom. The number of hydrogen-bond donors (Lipinski definition) is 0. The molecule has 0 spiro atoms. The van der Waals surface area contributed by atoms with Crippen LogP contribution >= 0.6 is 11.6 Å². The van der Waals surface area contributed by atoms with Gasteiger partial charge in [-0.1, -0.05) is 17.7 Å². The molecule has 4 rings (SSSR count). The Hall–Kier alpha value is -2.58. The zero-order valence-electron chi connectivity index (χ0n) is 19.7. The van der Waals surface area contributed by atoms with Crippen molar-refractivity contribution in [2.24, 2.45) is 12.5 Å². The van der Waals surface area contributed by atoms with Gasteiger partial charge in [-0.3, -0.25) is 14.3 Å². The predicted octanol–water partition coefficient (Wildman–Crippen LogP) is 2.94. The van der Waals surface area contributed by atoms with Gasteiger partial charge < -0.3 is 19.3 Å². The first-order valence-corrected chi connectivity index (χ1v) is 12.3.